The second kappa shape index (κ2) is 4.06. The first kappa shape index (κ1) is 10.2. The van der Waals surface area contributed by atoms with Crippen LogP contribution in [-0.2, 0) is 4.79 Å². The molecule has 4 nitrogen and oxygen atoms in total. The predicted molar refractivity (Wildman–Crippen MR) is 58.8 cm³/mol. The number of nitrogens with two attached hydrogens (primary N) is 1. The SMILES string of the molecule is NC(=O)C1CCN(c2ccncc2Cl)C1. The van der Waals surface area contributed by atoms with Crippen LogP contribution in [0.15, 0.2) is 18.5 Å². The molecule has 1 aromatic rings. The lowest BCUT2D eigenvalue weighted by Gasteiger charge is -2.18. The van der Waals surface area contributed by atoms with Crippen LogP contribution in [0, 0.1) is 5.92 Å². The third-order valence-corrected chi connectivity index (χ3v) is 2.97. The standard InChI is InChI=1S/C10H12ClN3O/c11-8-5-13-3-1-9(8)14-4-2-7(6-14)10(12)15/h1,3,5,7H,2,4,6H2,(H2,12,15). The van der Waals surface area contributed by atoms with Gasteiger partial charge in [-0.3, -0.25) is 9.78 Å². The molecule has 0 aromatic carbocycles. The maximum Gasteiger partial charge on any atom is 0.222 e. The molecule has 80 valence electrons. The summed E-state index contributed by atoms with van der Waals surface area (Å²) in [6.45, 7) is 1.47. The van der Waals surface area contributed by atoms with E-state index in [1.807, 2.05) is 6.07 Å². The van der Waals surface area contributed by atoms with E-state index in [1.165, 1.54) is 0 Å². The first-order valence-corrected chi connectivity index (χ1v) is 5.20. The summed E-state index contributed by atoms with van der Waals surface area (Å²) in [6.07, 6.45) is 4.10. The molecule has 0 saturated carbocycles. The fourth-order valence-corrected chi connectivity index (χ4v) is 2.07. The van der Waals surface area contributed by atoms with E-state index in [0.717, 1.165) is 18.7 Å². The van der Waals surface area contributed by atoms with Gasteiger partial charge in [-0.05, 0) is 12.5 Å². The normalized spacial score (nSPS) is 20.6. The molecule has 2 N–H and O–H groups in total. The number of carbonyl (C=O) groups excluding carboxylic acids is 1. The topological polar surface area (TPSA) is 59.2 Å². The number of primary amides is 1. The quantitative estimate of drug-likeness (QED) is 0.819. The summed E-state index contributed by atoms with van der Waals surface area (Å²) in [7, 11) is 0. The average Bonchev–Trinajstić information content (AvgIpc) is 2.67. The number of aromatic nitrogens is 1. The van der Waals surface area contributed by atoms with E-state index < -0.39 is 0 Å². The van der Waals surface area contributed by atoms with Crippen molar-refractivity contribution in [3.63, 3.8) is 0 Å². The lowest BCUT2D eigenvalue weighted by Crippen LogP contribution is -2.27. The van der Waals surface area contributed by atoms with Gasteiger partial charge in [-0.1, -0.05) is 11.6 Å². The molecule has 0 spiro atoms. The minimum Gasteiger partial charge on any atom is -0.369 e. The molecule has 0 aliphatic carbocycles. The van der Waals surface area contributed by atoms with Crippen LogP contribution in [0.1, 0.15) is 6.42 Å². The van der Waals surface area contributed by atoms with E-state index in [9.17, 15) is 4.79 Å². The maximum atomic E-state index is 11.0. The highest BCUT2D eigenvalue weighted by atomic mass is 35.5. The van der Waals surface area contributed by atoms with Crippen LogP contribution in [0.4, 0.5) is 5.69 Å². The summed E-state index contributed by atoms with van der Waals surface area (Å²) in [4.78, 5) is 17.0. The van der Waals surface area contributed by atoms with Crippen LogP contribution in [-0.4, -0.2) is 24.0 Å². The van der Waals surface area contributed by atoms with Crippen molar-refractivity contribution in [1.82, 2.24) is 4.98 Å². The van der Waals surface area contributed by atoms with Gasteiger partial charge in [-0.25, -0.2) is 0 Å². The molecular formula is C10H12ClN3O. The Kier molecular flexibility index (Phi) is 2.77. The number of pyridine rings is 1. The predicted octanol–water partition coefficient (Wildman–Crippen LogP) is 1.05. The molecule has 1 fully saturated rings. The number of amides is 1. The molecule has 5 heteroatoms. The van der Waals surface area contributed by atoms with Crippen LogP contribution < -0.4 is 10.6 Å². The van der Waals surface area contributed by atoms with Crippen molar-refractivity contribution in [2.24, 2.45) is 11.7 Å². The minimum atomic E-state index is -0.234. The van der Waals surface area contributed by atoms with Crippen molar-refractivity contribution < 1.29 is 4.79 Å². The zero-order valence-corrected chi connectivity index (χ0v) is 8.94. The van der Waals surface area contributed by atoms with Gasteiger partial charge < -0.3 is 10.6 Å². The van der Waals surface area contributed by atoms with Crippen molar-refractivity contribution in [2.45, 2.75) is 6.42 Å². The van der Waals surface area contributed by atoms with E-state index >= 15 is 0 Å². The average molecular weight is 226 g/mol. The summed E-state index contributed by atoms with van der Waals surface area (Å²) in [6, 6.07) is 1.85. The van der Waals surface area contributed by atoms with Crippen LogP contribution in [0.2, 0.25) is 5.02 Å². The number of anilines is 1. The molecule has 1 aliphatic heterocycles. The summed E-state index contributed by atoms with van der Waals surface area (Å²) in [5.74, 6) is -0.295. The third-order valence-electron chi connectivity index (χ3n) is 2.68. The van der Waals surface area contributed by atoms with Gasteiger partial charge in [0.05, 0.1) is 16.6 Å². The zero-order valence-electron chi connectivity index (χ0n) is 8.19. The molecule has 0 radical (unpaired) electrons. The Hall–Kier alpha value is -1.29. The Morgan fingerprint density at radius 1 is 1.67 bits per heavy atom. The monoisotopic (exact) mass is 225 g/mol. The van der Waals surface area contributed by atoms with Crippen molar-refractivity contribution in [3.05, 3.63) is 23.5 Å². The van der Waals surface area contributed by atoms with E-state index in [4.69, 9.17) is 17.3 Å². The van der Waals surface area contributed by atoms with Gasteiger partial charge in [0, 0.05) is 25.5 Å². The van der Waals surface area contributed by atoms with Crippen LogP contribution >= 0.6 is 11.6 Å². The largest absolute Gasteiger partial charge is 0.369 e. The van der Waals surface area contributed by atoms with Gasteiger partial charge in [0.2, 0.25) is 5.91 Å². The van der Waals surface area contributed by atoms with E-state index in [-0.39, 0.29) is 11.8 Å². The van der Waals surface area contributed by atoms with E-state index in [1.54, 1.807) is 12.4 Å². The van der Waals surface area contributed by atoms with Gasteiger partial charge in [0.25, 0.3) is 0 Å². The van der Waals surface area contributed by atoms with Crippen LogP contribution in [0.5, 0.6) is 0 Å². The number of hydrogen-bond acceptors (Lipinski definition) is 3. The molecule has 1 atom stereocenters. The maximum absolute atomic E-state index is 11.0. The first-order chi connectivity index (χ1) is 7.18. The molecular weight excluding hydrogens is 214 g/mol. The zero-order chi connectivity index (χ0) is 10.8. The van der Waals surface area contributed by atoms with Gasteiger partial charge in [-0.2, -0.15) is 0 Å². The Morgan fingerprint density at radius 3 is 3.07 bits per heavy atom. The molecule has 1 unspecified atom stereocenters. The van der Waals surface area contributed by atoms with Gasteiger partial charge in [0.1, 0.15) is 0 Å². The Bertz CT molecular complexity index is 383. The molecule has 1 aliphatic rings. The van der Waals surface area contributed by atoms with Crippen molar-refractivity contribution in [2.75, 3.05) is 18.0 Å². The number of halogens is 1. The number of rotatable bonds is 2. The summed E-state index contributed by atoms with van der Waals surface area (Å²) in [5.41, 5.74) is 6.19. The molecule has 15 heavy (non-hydrogen) atoms. The molecule has 1 amide bonds. The fraction of sp³-hybridized carbons (Fsp3) is 0.400. The third kappa shape index (κ3) is 2.04. The van der Waals surface area contributed by atoms with Gasteiger partial charge >= 0.3 is 0 Å². The van der Waals surface area contributed by atoms with Crippen LogP contribution in [0.25, 0.3) is 0 Å². The molecule has 2 heterocycles. The molecule has 1 saturated heterocycles. The highest BCUT2D eigenvalue weighted by Gasteiger charge is 2.27. The lowest BCUT2D eigenvalue weighted by molar-refractivity contribution is -0.121. The van der Waals surface area contributed by atoms with Crippen molar-refractivity contribution in [1.29, 1.82) is 0 Å². The van der Waals surface area contributed by atoms with Crippen LogP contribution in [0.3, 0.4) is 0 Å². The van der Waals surface area contributed by atoms with E-state index in [0.29, 0.717) is 11.6 Å². The lowest BCUT2D eigenvalue weighted by atomic mass is 10.1. The highest BCUT2D eigenvalue weighted by molar-refractivity contribution is 6.33. The highest BCUT2D eigenvalue weighted by Crippen LogP contribution is 2.29. The first-order valence-electron chi connectivity index (χ1n) is 4.82. The fourth-order valence-electron chi connectivity index (χ4n) is 1.84. The molecule has 2 rings (SSSR count). The molecule has 1 aromatic heterocycles. The Labute approximate surface area is 93.0 Å². The minimum absolute atomic E-state index is 0.0609. The number of hydrogen-bond donors (Lipinski definition) is 1. The van der Waals surface area contributed by atoms with E-state index in [2.05, 4.69) is 9.88 Å². The molecule has 0 bridgehead atoms. The summed E-state index contributed by atoms with van der Waals surface area (Å²) < 4.78 is 0. The van der Waals surface area contributed by atoms with Gasteiger partial charge in [-0.15, -0.1) is 0 Å². The van der Waals surface area contributed by atoms with Crippen molar-refractivity contribution in [3.8, 4) is 0 Å². The summed E-state index contributed by atoms with van der Waals surface area (Å²) >= 11 is 6.01. The second-order valence-electron chi connectivity index (χ2n) is 3.66. The smallest absolute Gasteiger partial charge is 0.222 e. The Balaban J connectivity index is 2.14. The van der Waals surface area contributed by atoms with Gasteiger partial charge in [0.15, 0.2) is 0 Å². The number of carbonyl (C=O) groups is 1. The second-order valence-corrected chi connectivity index (χ2v) is 4.07. The summed E-state index contributed by atoms with van der Waals surface area (Å²) in [5, 5.41) is 0.614. The number of nitrogens with zero attached hydrogens (tertiary/aromatic N) is 2. The van der Waals surface area contributed by atoms with Crippen molar-refractivity contribution >= 4 is 23.2 Å². The Morgan fingerprint density at radius 2 is 2.47 bits per heavy atom.